The van der Waals surface area contributed by atoms with Crippen molar-refractivity contribution in [3.8, 4) is 0 Å². The zero-order valence-corrected chi connectivity index (χ0v) is 17.6. The molecule has 2 aromatic carbocycles. The van der Waals surface area contributed by atoms with E-state index in [2.05, 4.69) is 85.5 Å². The fourth-order valence-electron chi connectivity index (χ4n) is 6.49. The molecule has 4 atom stereocenters. The molecule has 2 heteroatoms. The number of H-pyrrole nitrogens is 2. The molecule has 2 aliphatic rings. The van der Waals surface area contributed by atoms with E-state index in [-0.39, 0.29) is 0 Å². The predicted octanol–water partition coefficient (Wildman–Crippen LogP) is 7.34. The summed E-state index contributed by atoms with van der Waals surface area (Å²) in [5, 5.41) is 2.84. The molecule has 0 aliphatic heterocycles. The molecule has 1 saturated carbocycles. The van der Waals surface area contributed by atoms with E-state index < -0.39 is 0 Å². The Morgan fingerprint density at radius 3 is 2.38 bits per heavy atom. The van der Waals surface area contributed by atoms with E-state index in [1.165, 1.54) is 52.3 Å². The van der Waals surface area contributed by atoms with Crippen LogP contribution in [0.5, 0.6) is 0 Å². The number of nitrogens with one attached hydrogen (secondary N) is 2. The largest absolute Gasteiger partial charge is 0.361 e. The highest BCUT2D eigenvalue weighted by atomic mass is 14.8. The van der Waals surface area contributed by atoms with Gasteiger partial charge in [-0.2, -0.15) is 0 Å². The van der Waals surface area contributed by atoms with Crippen molar-refractivity contribution >= 4 is 21.8 Å². The van der Waals surface area contributed by atoms with Gasteiger partial charge in [-0.3, -0.25) is 0 Å². The molecule has 0 spiro atoms. The van der Waals surface area contributed by atoms with E-state index in [0.29, 0.717) is 23.2 Å². The maximum atomic E-state index is 3.88. The Morgan fingerprint density at radius 1 is 0.862 bits per heavy atom. The van der Waals surface area contributed by atoms with E-state index in [0.717, 1.165) is 5.92 Å². The van der Waals surface area contributed by atoms with Crippen molar-refractivity contribution in [1.82, 2.24) is 9.97 Å². The van der Waals surface area contributed by atoms with Gasteiger partial charge in [-0.25, -0.2) is 0 Å². The summed E-state index contributed by atoms with van der Waals surface area (Å²) >= 11 is 0. The minimum Gasteiger partial charge on any atom is -0.361 e. The molecule has 2 N–H and O–H groups in total. The number of hydrogen-bond acceptors (Lipinski definition) is 0. The molecule has 0 amide bonds. The quantitative estimate of drug-likeness (QED) is 0.345. The first kappa shape index (κ1) is 17.4. The van der Waals surface area contributed by atoms with Crippen molar-refractivity contribution in [3.05, 3.63) is 71.5 Å². The van der Waals surface area contributed by atoms with Crippen molar-refractivity contribution in [2.45, 2.75) is 51.9 Å². The van der Waals surface area contributed by atoms with E-state index in [4.69, 9.17) is 0 Å². The van der Waals surface area contributed by atoms with Crippen molar-refractivity contribution in [2.24, 2.45) is 17.3 Å². The summed E-state index contributed by atoms with van der Waals surface area (Å²) in [6, 6.07) is 17.7. The summed E-state index contributed by atoms with van der Waals surface area (Å²) in [7, 11) is 0. The topological polar surface area (TPSA) is 31.6 Å². The Bertz CT molecular complexity index is 1200. The van der Waals surface area contributed by atoms with E-state index in [1.807, 2.05) is 0 Å². The van der Waals surface area contributed by atoms with Gasteiger partial charge in [-0.05, 0) is 65.7 Å². The van der Waals surface area contributed by atoms with Gasteiger partial charge in [-0.15, -0.1) is 0 Å². The highest BCUT2D eigenvalue weighted by molar-refractivity contribution is 5.89. The smallest absolute Gasteiger partial charge is 0.0459 e. The van der Waals surface area contributed by atoms with Crippen molar-refractivity contribution < 1.29 is 0 Å². The molecule has 2 aromatic heterocycles. The molecule has 2 heterocycles. The van der Waals surface area contributed by atoms with Gasteiger partial charge >= 0.3 is 0 Å². The monoisotopic (exact) mass is 382 g/mol. The van der Waals surface area contributed by atoms with Crippen molar-refractivity contribution in [1.29, 1.82) is 0 Å². The lowest BCUT2D eigenvalue weighted by Gasteiger charge is -2.41. The van der Waals surface area contributed by atoms with Gasteiger partial charge in [0.2, 0.25) is 0 Å². The second-order valence-electron chi connectivity index (χ2n) is 10.4. The minimum absolute atomic E-state index is 0.385. The van der Waals surface area contributed by atoms with Crippen LogP contribution in [0.1, 0.15) is 68.7 Å². The molecular weight excluding hydrogens is 352 g/mol. The number of rotatable bonds is 1. The molecule has 0 saturated heterocycles. The Balaban J connectivity index is 1.55. The summed E-state index contributed by atoms with van der Waals surface area (Å²) in [6.45, 7) is 7.29. The van der Waals surface area contributed by atoms with Gasteiger partial charge in [0.15, 0.2) is 0 Å². The van der Waals surface area contributed by atoms with Gasteiger partial charge in [-0.1, -0.05) is 57.2 Å². The molecule has 4 aromatic rings. The number of hydrogen-bond donors (Lipinski definition) is 2. The summed E-state index contributed by atoms with van der Waals surface area (Å²) in [5.74, 6) is 2.64. The summed E-state index contributed by atoms with van der Waals surface area (Å²) in [5.41, 5.74) is 7.53. The van der Waals surface area contributed by atoms with Crippen LogP contribution in [0, 0.1) is 17.3 Å². The first-order valence-electron chi connectivity index (χ1n) is 11.2. The lowest BCUT2D eigenvalue weighted by molar-refractivity contribution is 0.132. The van der Waals surface area contributed by atoms with Crippen LogP contribution in [-0.4, -0.2) is 9.97 Å². The normalized spacial score (nSPS) is 26.7. The third-order valence-corrected chi connectivity index (χ3v) is 7.97. The number of aromatic amines is 2. The highest BCUT2D eigenvalue weighted by Gasteiger charge is 2.48. The molecule has 148 valence electrons. The summed E-state index contributed by atoms with van der Waals surface area (Å²) < 4.78 is 0. The highest BCUT2D eigenvalue weighted by Crippen LogP contribution is 2.60. The molecule has 1 fully saturated rings. The predicted molar refractivity (Wildman–Crippen MR) is 121 cm³/mol. The molecule has 0 unspecified atom stereocenters. The average Bonchev–Trinajstić information content (AvgIpc) is 3.37. The SMILES string of the molecule is CC(C)(C)[C@H]1CC[C@@H]2[C@@H](c3c[nH]c4ccccc34)c3[nH]c4ccccc4c3[C@@H]2C1. The molecule has 0 radical (unpaired) electrons. The van der Waals surface area contributed by atoms with Crippen LogP contribution in [0.3, 0.4) is 0 Å². The first-order chi connectivity index (χ1) is 14.0. The number of aromatic nitrogens is 2. The molecular formula is C27H30N2. The number of fused-ring (bicyclic) bond motifs is 6. The second-order valence-corrected chi connectivity index (χ2v) is 10.4. The maximum Gasteiger partial charge on any atom is 0.0459 e. The third-order valence-electron chi connectivity index (χ3n) is 7.97. The summed E-state index contributed by atoms with van der Waals surface area (Å²) in [6.07, 6.45) is 6.28. The Hall–Kier alpha value is -2.48. The van der Waals surface area contributed by atoms with E-state index >= 15 is 0 Å². The van der Waals surface area contributed by atoms with E-state index in [1.54, 1.807) is 5.56 Å². The van der Waals surface area contributed by atoms with E-state index in [9.17, 15) is 0 Å². The fraction of sp³-hybridized carbons (Fsp3) is 0.407. The Labute approximate surface area is 172 Å². The zero-order chi connectivity index (χ0) is 19.8. The van der Waals surface area contributed by atoms with Crippen LogP contribution >= 0.6 is 0 Å². The minimum atomic E-state index is 0.385. The van der Waals surface area contributed by atoms with Crippen LogP contribution in [0.2, 0.25) is 0 Å². The molecule has 6 rings (SSSR count). The van der Waals surface area contributed by atoms with Gasteiger partial charge in [0.25, 0.3) is 0 Å². The van der Waals surface area contributed by atoms with Crippen LogP contribution in [-0.2, 0) is 0 Å². The maximum absolute atomic E-state index is 3.88. The third kappa shape index (κ3) is 2.48. The molecule has 29 heavy (non-hydrogen) atoms. The molecule has 2 nitrogen and oxygen atoms in total. The molecule has 2 aliphatic carbocycles. The second kappa shape index (κ2) is 6.01. The van der Waals surface area contributed by atoms with Gasteiger partial charge in [0.05, 0.1) is 0 Å². The van der Waals surface area contributed by atoms with Gasteiger partial charge in [0, 0.05) is 39.6 Å². The number of benzene rings is 2. The Kier molecular flexibility index (Phi) is 3.60. The molecule has 0 bridgehead atoms. The lowest BCUT2D eigenvalue weighted by atomic mass is 9.64. The van der Waals surface area contributed by atoms with Crippen LogP contribution in [0.25, 0.3) is 21.8 Å². The number of para-hydroxylation sites is 2. The first-order valence-corrected chi connectivity index (χ1v) is 11.2. The fourth-order valence-corrected chi connectivity index (χ4v) is 6.49. The van der Waals surface area contributed by atoms with Crippen LogP contribution < -0.4 is 0 Å². The Morgan fingerprint density at radius 2 is 1.59 bits per heavy atom. The van der Waals surface area contributed by atoms with Crippen LogP contribution in [0.4, 0.5) is 0 Å². The van der Waals surface area contributed by atoms with Crippen molar-refractivity contribution in [2.75, 3.05) is 0 Å². The van der Waals surface area contributed by atoms with Gasteiger partial charge in [0.1, 0.15) is 0 Å². The standard InChI is InChI=1S/C27H30N2/c1-27(2,3)16-12-13-18-20(14-16)25-19-9-5-7-11-23(19)29-26(25)24(18)21-15-28-22-10-6-4-8-17(21)22/h4-11,15-16,18,20,24,28-29H,12-14H2,1-3H3/t16-,18-,20+,24-/m0/s1. The summed E-state index contributed by atoms with van der Waals surface area (Å²) in [4.78, 5) is 7.42. The lowest BCUT2D eigenvalue weighted by Crippen LogP contribution is -2.30. The van der Waals surface area contributed by atoms with Gasteiger partial charge < -0.3 is 9.97 Å². The zero-order valence-electron chi connectivity index (χ0n) is 17.6. The van der Waals surface area contributed by atoms with Crippen LogP contribution in [0.15, 0.2) is 54.7 Å². The average molecular weight is 383 g/mol. The van der Waals surface area contributed by atoms with Crippen molar-refractivity contribution in [3.63, 3.8) is 0 Å².